The first-order valence-electron chi connectivity index (χ1n) is 9.44. The molecule has 0 radical (unpaired) electrons. The predicted octanol–water partition coefficient (Wildman–Crippen LogP) is 4.27. The highest BCUT2D eigenvalue weighted by Crippen LogP contribution is 2.25. The lowest BCUT2D eigenvalue weighted by Crippen LogP contribution is -2.28. The van der Waals surface area contributed by atoms with Gasteiger partial charge in [0.1, 0.15) is 11.5 Å². The van der Waals surface area contributed by atoms with E-state index in [0.717, 1.165) is 22.6 Å². The molecule has 142 valence electrons. The maximum atomic E-state index is 12.9. The SMILES string of the molecule is Cc1cc2c(cc(C(=O)NCCc3ccccn3)n2Cc2ccccc2C)o1. The molecule has 0 atom stereocenters. The predicted molar refractivity (Wildman–Crippen MR) is 109 cm³/mol. The van der Waals surface area contributed by atoms with E-state index in [4.69, 9.17) is 4.42 Å². The summed E-state index contributed by atoms with van der Waals surface area (Å²) in [5.74, 6) is 0.735. The second-order valence-corrected chi connectivity index (χ2v) is 6.98. The molecule has 0 aliphatic rings. The van der Waals surface area contributed by atoms with Crippen molar-refractivity contribution in [3.63, 3.8) is 0 Å². The normalized spacial score (nSPS) is 11.1. The van der Waals surface area contributed by atoms with E-state index < -0.39 is 0 Å². The van der Waals surface area contributed by atoms with Gasteiger partial charge in [0.2, 0.25) is 0 Å². The number of fused-ring (bicyclic) bond motifs is 1. The number of nitrogens with zero attached hydrogens (tertiary/aromatic N) is 2. The van der Waals surface area contributed by atoms with Crippen molar-refractivity contribution in [2.45, 2.75) is 26.8 Å². The zero-order chi connectivity index (χ0) is 19.5. The summed E-state index contributed by atoms with van der Waals surface area (Å²) in [6, 6.07) is 17.8. The van der Waals surface area contributed by atoms with Crippen LogP contribution in [0.25, 0.3) is 11.1 Å². The van der Waals surface area contributed by atoms with Gasteiger partial charge in [-0.15, -0.1) is 0 Å². The molecule has 0 saturated heterocycles. The van der Waals surface area contributed by atoms with Crippen LogP contribution < -0.4 is 5.32 Å². The Balaban J connectivity index is 1.58. The maximum absolute atomic E-state index is 12.9. The van der Waals surface area contributed by atoms with Crippen LogP contribution in [0.5, 0.6) is 0 Å². The summed E-state index contributed by atoms with van der Waals surface area (Å²) < 4.78 is 7.80. The highest BCUT2D eigenvalue weighted by atomic mass is 16.3. The van der Waals surface area contributed by atoms with Gasteiger partial charge in [-0.3, -0.25) is 9.78 Å². The number of aryl methyl sites for hydroxylation is 2. The van der Waals surface area contributed by atoms with Crippen LogP contribution in [0.1, 0.15) is 33.1 Å². The summed E-state index contributed by atoms with van der Waals surface area (Å²) in [6.07, 6.45) is 2.46. The van der Waals surface area contributed by atoms with Crippen LogP contribution in [0.2, 0.25) is 0 Å². The van der Waals surface area contributed by atoms with Crippen LogP contribution in [0.4, 0.5) is 0 Å². The van der Waals surface area contributed by atoms with Crippen LogP contribution in [0.15, 0.2) is 65.2 Å². The number of furan rings is 1. The van der Waals surface area contributed by atoms with Crippen molar-refractivity contribution < 1.29 is 9.21 Å². The van der Waals surface area contributed by atoms with E-state index in [9.17, 15) is 4.79 Å². The number of aromatic nitrogens is 2. The lowest BCUT2D eigenvalue weighted by atomic mass is 10.1. The zero-order valence-electron chi connectivity index (χ0n) is 16.1. The van der Waals surface area contributed by atoms with Gasteiger partial charge in [0.05, 0.1) is 5.52 Å². The molecule has 5 nitrogen and oxygen atoms in total. The van der Waals surface area contributed by atoms with Crippen LogP contribution in [0, 0.1) is 13.8 Å². The third-order valence-corrected chi connectivity index (χ3v) is 4.93. The van der Waals surface area contributed by atoms with Crippen molar-refractivity contribution in [2.24, 2.45) is 0 Å². The Kier molecular flexibility index (Phi) is 4.98. The van der Waals surface area contributed by atoms with Crippen molar-refractivity contribution in [1.29, 1.82) is 0 Å². The summed E-state index contributed by atoms with van der Waals surface area (Å²) >= 11 is 0. The average Bonchev–Trinajstić information content (AvgIpc) is 3.21. The molecule has 1 amide bonds. The van der Waals surface area contributed by atoms with Crippen LogP contribution in [0.3, 0.4) is 0 Å². The summed E-state index contributed by atoms with van der Waals surface area (Å²) in [5.41, 5.74) is 5.63. The van der Waals surface area contributed by atoms with Gasteiger partial charge in [0, 0.05) is 43.5 Å². The van der Waals surface area contributed by atoms with Crippen molar-refractivity contribution in [3.05, 3.63) is 89.1 Å². The van der Waals surface area contributed by atoms with Crippen molar-refractivity contribution >= 4 is 17.0 Å². The Bertz CT molecular complexity index is 1110. The standard InChI is InChI=1S/C23H23N3O2/c1-16-7-3-4-8-18(16)15-26-20-13-17(2)28-22(20)14-21(26)23(27)25-12-10-19-9-5-6-11-24-19/h3-9,11,13-14H,10,12,15H2,1-2H3,(H,25,27). The number of hydrogen-bond acceptors (Lipinski definition) is 3. The van der Waals surface area contributed by atoms with Crippen molar-refractivity contribution in [3.8, 4) is 0 Å². The molecule has 0 aliphatic carbocycles. The first-order valence-corrected chi connectivity index (χ1v) is 9.44. The minimum Gasteiger partial charge on any atom is -0.460 e. The number of benzene rings is 1. The van der Waals surface area contributed by atoms with E-state index in [-0.39, 0.29) is 5.91 Å². The van der Waals surface area contributed by atoms with E-state index in [1.165, 1.54) is 11.1 Å². The van der Waals surface area contributed by atoms with Crippen LogP contribution in [-0.2, 0) is 13.0 Å². The van der Waals surface area contributed by atoms with Gasteiger partial charge in [-0.25, -0.2) is 0 Å². The van der Waals surface area contributed by atoms with Crippen molar-refractivity contribution in [2.75, 3.05) is 6.54 Å². The van der Waals surface area contributed by atoms with Gasteiger partial charge in [-0.2, -0.15) is 0 Å². The van der Waals surface area contributed by atoms with Gasteiger partial charge >= 0.3 is 0 Å². The molecule has 5 heteroatoms. The second-order valence-electron chi connectivity index (χ2n) is 6.98. The molecule has 0 bridgehead atoms. The minimum absolute atomic E-state index is 0.103. The van der Waals surface area contributed by atoms with Crippen LogP contribution >= 0.6 is 0 Å². The number of hydrogen-bond donors (Lipinski definition) is 1. The van der Waals surface area contributed by atoms with Gasteiger partial charge in [0.15, 0.2) is 5.58 Å². The summed E-state index contributed by atoms with van der Waals surface area (Å²) in [5, 5.41) is 3.01. The quantitative estimate of drug-likeness (QED) is 0.549. The van der Waals surface area contributed by atoms with E-state index in [1.807, 2.05) is 54.0 Å². The Morgan fingerprint density at radius 1 is 1.11 bits per heavy atom. The Morgan fingerprint density at radius 3 is 2.71 bits per heavy atom. The van der Waals surface area contributed by atoms with Crippen LogP contribution in [-0.4, -0.2) is 22.0 Å². The lowest BCUT2D eigenvalue weighted by Gasteiger charge is -2.12. The molecule has 0 spiro atoms. The fraction of sp³-hybridized carbons (Fsp3) is 0.217. The topological polar surface area (TPSA) is 60.1 Å². The highest BCUT2D eigenvalue weighted by Gasteiger charge is 2.19. The van der Waals surface area contributed by atoms with E-state index in [2.05, 4.69) is 29.4 Å². The first kappa shape index (κ1) is 18.0. The zero-order valence-corrected chi connectivity index (χ0v) is 16.1. The lowest BCUT2D eigenvalue weighted by molar-refractivity contribution is 0.0945. The Hall–Kier alpha value is -3.34. The number of nitrogens with one attached hydrogen (secondary N) is 1. The molecule has 4 rings (SSSR count). The monoisotopic (exact) mass is 373 g/mol. The summed E-state index contributed by atoms with van der Waals surface area (Å²) in [6.45, 7) is 5.16. The molecule has 28 heavy (non-hydrogen) atoms. The summed E-state index contributed by atoms with van der Waals surface area (Å²) in [4.78, 5) is 17.2. The molecule has 1 N–H and O–H groups in total. The van der Waals surface area contributed by atoms with Crippen molar-refractivity contribution in [1.82, 2.24) is 14.9 Å². The third kappa shape index (κ3) is 3.69. The molecule has 0 saturated carbocycles. The number of carbonyl (C=O) groups is 1. The number of rotatable bonds is 6. The molecule has 0 unspecified atom stereocenters. The van der Waals surface area contributed by atoms with E-state index >= 15 is 0 Å². The Labute approximate surface area is 164 Å². The number of carbonyl (C=O) groups excluding carboxylic acids is 1. The average molecular weight is 373 g/mol. The van der Waals surface area contributed by atoms with E-state index in [0.29, 0.717) is 25.2 Å². The first-order chi connectivity index (χ1) is 13.6. The molecule has 0 fully saturated rings. The molecule has 0 aliphatic heterocycles. The van der Waals surface area contributed by atoms with E-state index in [1.54, 1.807) is 6.20 Å². The van der Waals surface area contributed by atoms with Gasteiger partial charge in [0.25, 0.3) is 5.91 Å². The Morgan fingerprint density at radius 2 is 1.93 bits per heavy atom. The largest absolute Gasteiger partial charge is 0.460 e. The maximum Gasteiger partial charge on any atom is 0.268 e. The number of amides is 1. The number of pyridine rings is 1. The van der Waals surface area contributed by atoms with Gasteiger partial charge < -0.3 is 14.3 Å². The third-order valence-electron chi connectivity index (χ3n) is 4.93. The molecule has 1 aromatic carbocycles. The highest BCUT2D eigenvalue weighted by molar-refractivity contribution is 5.97. The molecular formula is C23H23N3O2. The van der Waals surface area contributed by atoms with Gasteiger partial charge in [-0.05, 0) is 37.1 Å². The second kappa shape index (κ2) is 7.72. The molecule has 3 aromatic heterocycles. The minimum atomic E-state index is -0.103. The summed E-state index contributed by atoms with van der Waals surface area (Å²) in [7, 11) is 0. The van der Waals surface area contributed by atoms with Gasteiger partial charge in [-0.1, -0.05) is 30.3 Å². The molecular weight excluding hydrogens is 350 g/mol. The smallest absolute Gasteiger partial charge is 0.268 e. The fourth-order valence-corrected chi connectivity index (χ4v) is 3.42. The fourth-order valence-electron chi connectivity index (χ4n) is 3.42. The molecule has 3 heterocycles. The molecule has 4 aromatic rings.